The van der Waals surface area contributed by atoms with Crippen LogP contribution in [0.2, 0.25) is 0 Å². The summed E-state index contributed by atoms with van der Waals surface area (Å²) in [5.74, 6) is -1.33. The molecule has 0 spiro atoms. The second-order valence-corrected chi connectivity index (χ2v) is 5.32. The van der Waals surface area contributed by atoms with Crippen LogP contribution in [0.5, 0.6) is 11.5 Å². The Kier molecular flexibility index (Phi) is 7.34. The molecule has 0 aliphatic rings. The van der Waals surface area contributed by atoms with E-state index in [-0.39, 0.29) is 50.0 Å². The van der Waals surface area contributed by atoms with Crippen LogP contribution < -0.4 is 0 Å². The molecule has 7 heteroatoms. The van der Waals surface area contributed by atoms with Crippen molar-refractivity contribution < 1.29 is 29.6 Å². The summed E-state index contributed by atoms with van der Waals surface area (Å²) in [7, 11) is 1.49. The molecule has 3 N–H and O–H groups in total. The van der Waals surface area contributed by atoms with Crippen LogP contribution in [-0.4, -0.2) is 58.9 Å². The molecule has 1 aromatic carbocycles. The second kappa shape index (κ2) is 8.99. The van der Waals surface area contributed by atoms with E-state index in [2.05, 4.69) is 0 Å². The van der Waals surface area contributed by atoms with E-state index in [4.69, 9.17) is 4.74 Å². The van der Waals surface area contributed by atoms with Gasteiger partial charge in [-0.25, -0.2) is 0 Å². The van der Waals surface area contributed by atoms with Gasteiger partial charge in [-0.2, -0.15) is 0 Å². The molecule has 0 aliphatic carbocycles. The number of ether oxygens (including phenoxy) is 1. The maximum Gasteiger partial charge on any atom is 0.325 e. The number of rotatable bonds is 8. The topological polar surface area (TPSA) is 107 Å². The minimum Gasteiger partial charge on any atom is -0.508 e. The number of hydrogen-bond acceptors (Lipinski definition) is 6. The fraction of sp³-hybridized carbons (Fsp3) is 0.500. The minimum atomic E-state index is -0.486. The number of benzene rings is 1. The Morgan fingerprint density at radius 3 is 2.57 bits per heavy atom. The predicted molar refractivity (Wildman–Crippen MR) is 82.9 cm³/mol. The number of carbonyl (C=O) groups is 2. The van der Waals surface area contributed by atoms with Crippen LogP contribution in [0, 0.1) is 5.92 Å². The summed E-state index contributed by atoms with van der Waals surface area (Å²) in [4.78, 5) is 24.7. The molecule has 1 unspecified atom stereocenters. The highest BCUT2D eigenvalue weighted by molar-refractivity contribution is 5.82. The van der Waals surface area contributed by atoms with Gasteiger partial charge >= 0.3 is 5.97 Å². The van der Waals surface area contributed by atoms with Crippen LogP contribution in [-0.2, 0) is 20.7 Å². The third kappa shape index (κ3) is 6.15. The van der Waals surface area contributed by atoms with E-state index < -0.39 is 11.9 Å². The number of likely N-dealkylation sites (N-methyl/N-ethyl adjacent to an activating group) is 1. The molecular weight excluding hydrogens is 302 g/mol. The third-order valence-corrected chi connectivity index (χ3v) is 3.40. The van der Waals surface area contributed by atoms with Gasteiger partial charge in [0.15, 0.2) is 0 Å². The highest BCUT2D eigenvalue weighted by Gasteiger charge is 2.20. The van der Waals surface area contributed by atoms with Crippen molar-refractivity contribution in [3.63, 3.8) is 0 Å². The molecule has 1 atom stereocenters. The van der Waals surface area contributed by atoms with Crippen LogP contribution in [0.25, 0.3) is 0 Å². The van der Waals surface area contributed by atoms with Crippen molar-refractivity contribution in [2.24, 2.45) is 5.92 Å². The first-order valence-corrected chi connectivity index (χ1v) is 7.38. The monoisotopic (exact) mass is 325 g/mol. The van der Waals surface area contributed by atoms with Gasteiger partial charge < -0.3 is 25.0 Å². The minimum absolute atomic E-state index is 0.0344. The fourth-order valence-corrected chi connectivity index (χ4v) is 2.13. The maximum absolute atomic E-state index is 12.1. The molecule has 0 heterocycles. The Bertz CT molecular complexity index is 545. The number of aromatic hydroxyl groups is 2. The molecule has 0 bridgehead atoms. The summed E-state index contributed by atoms with van der Waals surface area (Å²) in [5, 5.41) is 28.5. The number of nitrogens with zero attached hydrogens (tertiary/aromatic N) is 1. The average molecular weight is 325 g/mol. The molecule has 23 heavy (non-hydrogen) atoms. The Hall–Kier alpha value is -2.28. The van der Waals surface area contributed by atoms with E-state index in [0.29, 0.717) is 5.56 Å². The number of esters is 1. The van der Waals surface area contributed by atoms with Crippen molar-refractivity contribution in [2.45, 2.75) is 19.8 Å². The molecule has 0 saturated heterocycles. The van der Waals surface area contributed by atoms with Gasteiger partial charge in [-0.1, -0.05) is 6.07 Å². The highest BCUT2D eigenvalue weighted by Crippen LogP contribution is 2.25. The third-order valence-electron chi connectivity index (χ3n) is 3.40. The van der Waals surface area contributed by atoms with Gasteiger partial charge in [0.2, 0.25) is 5.91 Å². The summed E-state index contributed by atoms with van der Waals surface area (Å²) in [6, 6.07) is 4.18. The number of aliphatic hydroxyl groups excluding tert-OH is 1. The number of carbonyl (C=O) groups excluding carboxylic acids is 2. The summed E-state index contributed by atoms with van der Waals surface area (Å²) in [6.07, 6.45) is 0.314. The van der Waals surface area contributed by atoms with Crippen LogP contribution in [0.3, 0.4) is 0 Å². The van der Waals surface area contributed by atoms with Crippen molar-refractivity contribution in [1.82, 2.24) is 4.90 Å². The smallest absolute Gasteiger partial charge is 0.325 e. The van der Waals surface area contributed by atoms with Gasteiger partial charge in [0, 0.05) is 26.1 Å². The van der Waals surface area contributed by atoms with Crippen LogP contribution in [0.1, 0.15) is 18.9 Å². The average Bonchev–Trinajstić information content (AvgIpc) is 2.49. The van der Waals surface area contributed by atoms with E-state index in [0.717, 1.165) is 0 Å². The lowest BCUT2D eigenvalue weighted by Gasteiger charge is -2.20. The number of phenolic OH excluding ortho intramolecular Hbond substituents is 2. The lowest BCUT2D eigenvalue weighted by Crippen LogP contribution is -2.34. The molecule has 128 valence electrons. The zero-order valence-corrected chi connectivity index (χ0v) is 13.4. The molecule has 0 aliphatic heterocycles. The molecule has 0 fully saturated rings. The Labute approximate surface area is 135 Å². The molecule has 1 aromatic rings. The predicted octanol–water partition coefficient (Wildman–Crippen LogP) is 0.660. The van der Waals surface area contributed by atoms with Crippen LogP contribution >= 0.6 is 0 Å². The Morgan fingerprint density at radius 1 is 1.30 bits per heavy atom. The van der Waals surface area contributed by atoms with E-state index in [1.54, 1.807) is 13.0 Å². The van der Waals surface area contributed by atoms with E-state index in [1.807, 2.05) is 0 Å². The lowest BCUT2D eigenvalue weighted by atomic mass is 9.95. The zero-order valence-electron chi connectivity index (χ0n) is 13.4. The van der Waals surface area contributed by atoms with E-state index in [1.165, 1.54) is 24.1 Å². The van der Waals surface area contributed by atoms with E-state index >= 15 is 0 Å². The van der Waals surface area contributed by atoms with Gasteiger partial charge in [-0.3, -0.25) is 9.59 Å². The maximum atomic E-state index is 12.1. The van der Waals surface area contributed by atoms with Crippen LogP contribution in [0.15, 0.2) is 18.2 Å². The molecule has 1 amide bonds. The van der Waals surface area contributed by atoms with Crippen molar-refractivity contribution >= 4 is 11.9 Å². The zero-order chi connectivity index (χ0) is 17.4. The van der Waals surface area contributed by atoms with Gasteiger partial charge in [-0.05, 0) is 30.9 Å². The summed E-state index contributed by atoms with van der Waals surface area (Å²) in [6.45, 7) is 1.56. The second-order valence-electron chi connectivity index (χ2n) is 5.32. The quantitative estimate of drug-likeness (QED) is 0.606. The van der Waals surface area contributed by atoms with Gasteiger partial charge in [0.25, 0.3) is 0 Å². The Balaban J connectivity index is 2.61. The largest absolute Gasteiger partial charge is 0.508 e. The number of phenols is 2. The van der Waals surface area contributed by atoms with Crippen LogP contribution in [0.4, 0.5) is 0 Å². The summed E-state index contributed by atoms with van der Waals surface area (Å²) < 4.78 is 4.78. The van der Waals surface area contributed by atoms with Gasteiger partial charge in [0.1, 0.15) is 18.0 Å². The molecule has 0 radical (unpaired) electrons. The highest BCUT2D eigenvalue weighted by atomic mass is 16.5. The molecule has 1 rings (SSSR count). The molecule has 7 nitrogen and oxygen atoms in total. The van der Waals surface area contributed by atoms with Crippen molar-refractivity contribution in [1.29, 1.82) is 0 Å². The normalized spacial score (nSPS) is 11.8. The summed E-state index contributed by atoms with van der Waals surface area (Å²) >= 11 is 0. The number of hydrogen-bond donors (Lipinski definition) is 3. The number of aliphatic hydroxyl groups is 1. The van der Waals surface area contributed by atoms with Crippen molar-refractivity contribution in [3.8, 4) is 11.5 Å². The standard InChI is InChI=1S/C16H23NO6/c1-3-23-16(22)9-17(2)15(21)7-11(10-18)6-12-4-5-13(19)8-14(12)20/h4-5,8,11,18-20H,3,6-7,9-10H2,1-2H3. The first kappa shape index (κ1) is 18.8. The fourth-order valence-electron chi connectivity index (χ4n) is 2.13. The van der Waals surface area contributed by atoms with Gasteiger partial charge in [-0.15, -0.1) is 0 Å². The van der Waals surface area contributed by atoms with Gasteiger partial charge in [0.05, 0.1) is 6.61 Å². The SMILES string of the molecule is CCOC(=O)CN(C)C(=O)CC(CO)Cc1ccc(O)cc1O. The first-order chi connectivity index (χ1) is 10.9. The molecule has 0 saturated carbocycles. The molecule has 0 aromatic heterocycles. The number of amides is 1. The van der Waals surface area contributed by atoms with E-state index in [9.17, 15) is 24.9 Å². The summed E-state index contributed by atoms with van der Waals surface area (Å²) in [5.41, 5.74) is 0.530. The Morgan fingerprint density at radius 2 is 2.00 bits per heavy atom. The first-order valence-electron chi connectivity index (χ1n) is 7.38. The molecular formula is C16H23NO6. The lowest BCUT2D eigenvalue weighted by molar-refractivity contribution is -0.148. The van der Waals surface area contributed by atoms with Crippen molar-refractivity contribution in [2.75, 3.05) is 26.8 Å². The van der Waals surface area contributed by atoms with Crippen molar-refractivity contribution in [3.05, 3.63) is 23.8 Å².